The van der Waals surface area contributed by atoms with Crippen molar-refractivity contribution in [2.75, 3.05) is 0 Å². The van der Waals surface area contributed by atoms with Gasteiger partial charge < -0.3 is 9.47 Å². The van der Waals surface area contributed by atoms with Gasteiger partial charge in [-0.05, 0) is 37.2 Å². The van der Waals surface area contributed by atoms with Gasteiger partial charge in [-0.2, -0.15) is 0 Å². The predicted octanol–water partition coefficient (Wildman–Crippen LogP) is 2.80. The second-order valence-electron chi connectivity index (χ2n) is 6.41. The third-order valence-electron chi connectivity index (χ3n) is 4.56. The fourth-order valence-corrected chi connectivity index (χ4v) is 3.32. The van der Waals surface area contributed by atoms with Crippen LogP contribution in [0, 0.1) is 22.0 Å². The van der Waals surface area contributed by atoms with Gasteiger partial charge in [0.05, 0.1) is 22.7 Å². The van der Waals surface area contributed by atoms with Crippen LogP contribution in [0.3, 0.4) is 0 Å². The van der Waals surface area contributed by atoms with Gasteiger partial charge in [0.1, 0.15) is 12.3 Å². The molecule has 7 nitrogen and oxygen atoms in total. The Kier molecular flexibility index (Phi) is 4.30. The Labute approximate surface area is 134 Å². The van der Waals surface area contributed by atoms with Crippen molar-refractivity contribution >= 4 is 11.7 Å². The van der Waals surface area contributed by atoms with Crippen LogP contribution < -0.4 is 0 Å². The van der Waals surface area contributed by atoms with E-state index in [-0.39, 0.29) is 35.9 Å². The SMILES string of the molecule is CC(=O)O[C@H]1[C@H](C)C[C@H](c2ccncc2[N+](=O)[O-])O[C@@H]1C1CC1. The Balaban J connectivity index is 1.86. The molecule has 2 heterocycles. The highest BCUT2D eigenvalue weighted by molar-refractivity contribution is 5.66. The Morgan fingerprint density at radius 1 is 1.48 bits per heavy atom. The van der Waals surface area contributed by atoms with E-state index in [1.807, 2.05) is 6.92 Å². The number of carbonyl (C=O) groups excluding carboxylic acids is 1. The number of esters is 1. The lowest BCUT2D eigenvalue weighted by Gasteiger charge is -2.40. The Morgan fingerprint density at radius 3 is 2.83 bits per heavy atom. The molecule has 0 unspecified atom stereocenters. The van der Waals surface area contributed by atoms with Crippen molar-refractivity contribution in [3.63, 3.8) is 0 Å². The minimum Gasteiger partial charge on any atom is -0.459 e. The highest BCUT2D eigenvalue weighted by Crippen LogP contribution is 2.46. The van der Waals surface area contributed by atoms with Gasteiger partial charge in [0.15, 0.2) is 0 Å². The molecule has 23 heavy (non-hydrogen) atoms. The number of ether oxygens (including phenoxy) is 2. The molecule has 0 amide bonds. The molecule has 7 heteroatoms. The molecular formula is C16H20N2O5. The minimum atomic E-state index is -0.430. The number of aromatic nitrogens is 1. The molecule has 1 saturated heterocycles. The van der Waals surface area contributed by atoms with E-state index in [0.717, 1.165) is 12.8 Å². The van der Waals surface area contributed by atoms with Gasteiger partial charge in [-0.25, -0.2) is 0 Å². The maximum absolute atomic E-state index is 11.4. The maximum Gasteiger partial charge on any atom is 0.303 e. The monoisotopic (exact) mass is 320 g/mol. The van der Waals surface area contributed by atoms with Crippen LogP contribution >= 0.6 is 0 Å². The number of rotatable bonds is 4. The van der Waals surface area contributed by atoms with E-state index < -0.39 is 4.92 Å². The van der Waals surface area contributed by atoms with E-state index in [4.69, 9.17) is 9.47 Å². The lowest BCUT2D eigenvalue weighted by atomic mass is 9.86. The standard InChI is InChI=1S/C16H20N2O5/c1-9-7-14(12-5-6-17-8-13(12)18(20)21)23-16(11-3-4-11)15(9)22-10(2)19/h5-6,8-9,11,14-16H,3-4,7H2,1-2H3/t9-,14-,15+,16-/m1/s1. The molecule has 1 aromatic rings. The van der Waals surface area contributed by atoms with Gasteiger partial charge in [-0.1, -0.05) is 6.92 Å². The summed E-state index contributed by atoms with van der Waals surface area (Å²) in [6.07, 6.45) is 4.62. The van der Waals surface area contributed by atoms with Crippen LogP contribution in [-0.2, 0) is 14.3 Å². The van der Waals surface area contributed by atoms with Crippen LogP contribution in [0.5, 0.6) is 0 Å². The summed E-state index contributed by atoms with van der Waals surface area (Å²) in [5.41, 5.74) is 0.522. The maximum atomic E-state index is 11.4. The molecule has 0 aromatic carbocycles. The summed E-state index contributed by atoms with van der Waals surface area (Å²) in [5.74, 6) is 0.131. The van der Waals surface area contributed by atoms with E-state index in [1.165, 1.54) is 13.1 Å². The summed E-state index contributed by atoms with van der Waals surface area (Å²) in [7, 11) is 0. The summed E-state index contributed by atoms with van der Waals surface area (Å²) in [6.45, 7) is 3.40. The molecule has 2 fully saturated rings. The molecule has 4 atom stereocenters. The zero-order valence-electron chi connectivity index (χ0n) is 13.2. The average Bonchev–Trinajstić information content (AvgIpc) is 3.33. The molecule has 1 saturated carbocycles. The zero-order valence-corrected chi connectivity index (χ0v) is 13.2. The van der Waals surface area contributed by atoms with E-state index in [0.29, 0.717) is 17.9 Å². The highest BCUT2D eigenvalue weighted by atomic mass is 16.6. The molecule has 1 aliphatic carbocycles. The topological polar surface area (TPSA) is 91.6 Å². The van der Waals surface area contributed by atoms with Crippen LogP contribution in [0.4, 0.5) is 5.69 Å². The molecule has 124 valence electrons. The van der Waals surface area contributed by atoms with Crippen molar-refractivity contribution in [3.05, 3.63) is 34.1 Å². The van der Waals surface area contributed by atoms with Gasteiger partial charge in [0, 0.05) is 13.1 Å². The number of nitrogens with zero attached hydrogens (tertiary/aromatic N) is 2. The van der Waals surface area contributed by atoms with Crippen molar-refractivity contribution in [2.45, 2.75) is 51.4 Å². The molecule has 0 bridgehead atoms. The first-order chi connectivity index (χ1) is 11.0. The smallest absolute Gasteiger partial charge is 0.303 e. The molecule has 0 radical (unpaired) electrons. The summed E-state index contributed by atoms with van der Waals surface area (Å²) in [4.78, 5) is 26.0. The first-order valence-electron chi connectivity index (χ1n) is 7.88. The number of carbonyl (C=O) groups is 1. The third-order valence-corrected chi connectivity index (χ3v) is 4.56. The molecular weight excluding hydrogens is 300 g/mol. The van der Waals surface area contributed by atoms with Crippen molar-refractivity contribution < 1.29 is 19.2 Å². The average molecular weight is 320 g/mol. The second-order valence-corrected chi connectivity index (χ2v) is 6.41. The zero-order chi connectivity index (χ0) is 16.6. The van der Waals surface area contributed by atoms with Crippen molar-refractivity contribution in [1.29, 1.82) is 0 Å². The predicted molar refractivity (Wildman–Crippen MR) is 80.6 cm³/mol. The van der Waals surface area contributed by atoms with Gasteiger partial charge in [-0.15, -0.1) is 0 Å². The Bertz CT molecular complexity index is 616. The van der Waals surface area contributed by atoms with Gasteiger partial charge in [0.2, 0.25) is 0 Å². The van der Waals surface area contributed by atoms with Crippen molar-refractivity contribution in [1.82, 2.24) is 4.98 Å². The molecule has 1 aliphatic heterocycles. The van der Waals surface area contributed by atoms with Crippen LogP contribution in [0.2, 0.25) is 0 Å². The summed E-state index contributed by atoms with van der Waals surface area (Å²) >= 11 is 0. The van der Waals surface area contributed by atoms with Crippen molar-refractivity contribution in [2.24, 2.45) is 11.8 Å². The van der Waals surface area contributed by atoms with Crippen LogP contribution in [0.15, 0.2) is 18.5 Å². The lowest BCUT2D eigenvalue weighted by molar-refractivity contribution is -0.386. The van der Waals surface area contributed by atoms with E-state index in [2.05, 4.69) is 4.98 Å². The number of nitro groups is 1. The van der Waals surface area contributed by atoms with E-state index in [9.17, 15) is 14.9 Å². The molecule has 0 N–H and O–H groups in total. The minimum absolute atomic E-state index is 0.0230. The summed E-state index contributed by atoms with van der Waals surface area (Å²) < 4.78 is 11.6. The first kappa shape index (κ1) is 15.9. The molecule has 0 spiro atoms. The summed E-state index contributed by atoms with van der Waals surface area (Å²) in [5, 5.41) is 11.2. The number of hydrogen-bond acceptors (Lipinski definition) is 6. The Hall–Kier alpha value is -2.02. The molecule has 1 aromatic heterocycles. The van der Waals surface area contributed by atoms with Crippen LogP contribution in [0.1, 0.15) is 44.8 Å². The third kappa shape index (κ3) is 3.34. The normalized spacial score (nSPS) is 30.7. The molecule has 2 aliphatic rings. The van der Waals surface area contributed by atoms with Crippen LogP contribution in [0.25, 0.3) is 0 Å². The fraction of sp³-hybridized carbons (Fsp3) is 0.625. The number of hydrogen-bond donors (Lipinski definition) is 0. The summed E-state index contributed by atoms with van der Waals surface area (Å²) in [6, 6.07) is 1.64. The van der Waals surface area contributed by atoms with Gasteiger partial charge in [0.25, 0.3) is 5.69 Å². The quantitative estimate of drug-likeness (QED) is 0.481. The fourth-order valence-electron chi connectivity index (χ4n) is 3.32. The lowest BCUT2D eigenvalue weighted by Crippen LogP contribution is -2.45. The van der Waals surface area contributed by atoms with Gasteiger partial charge in [-0.3, -0.25) is 19.9 Å². The van der Waals surface area contributed by atoms with Gasteiger partial charge >= 0.3 is 5.97 Å². The largest absolute Gasteiger partial charge is 0.459 e. The number of pyridine rings is 1. The van der Waals surface area contributed by atoms with E-state index in [1.54, 1.807) is 12.3 Å². The van der Waals surface area contributed by atoms with Crippen molar-refractivity contribution in [3.8, 4) is 0 Å². The van der Waals surface area contributed by atoms with E-state index >= 15 is 0 Å². The second kappa shape index (κ2) is 6.23. The highest BCUT2D eigenvalue weighted by Gasteiger charge is 2.47. The van der Waals surface area contributed by atoms with Crippen LogP contribution in [-0.4, -0.2) is 28.1 Å². The Morgan fingerprint density at radius 2 is 2.22 bits per heavy atom. The first-order valence-corrected chi connectivity index (χ1v) is 7.88. The molecule has 3 rings (SSSR count).